The Bertz CT molecular complexity index is 2730. The Morgan fingerprint density at radius 1 is 0.377 bits per heavy atom. The molecule has 8 aromatic carbocycles. The highest BCUT2D eigenvalue weighted by Crippen LogP contribution is 2.58. The van der Waals surface area contributed by atoms with E-state index >= 15 is 0 Å². The van der Waals surface area contributed by atoms with E-state index in [0.717, 1.165) is 56.6 Å². The highest BCUT2D eigenvalue weighted by Gasteiger charge is 2.46. The monoisotopic (exact) mass is 820 g/mol. The molecule has 0 atom stereocenters. The van der Waals surface area contributed by atoms with E-state index in [-0.39, 0.29) is 11.5 Å². The lowest BCUT2D eigenvalue weighted by Gasteiger charge is -2.35. The topological polar surface area (TPSA) is 70.5 Å². The van der Waals surface area contributed by atoms with Crippen molar-refractivity contribution in [2.45, 2.75) is 17.8 Å². The Morgan fingerprint density at radius 3 is 1.15 bits per heavy atom. The standard InChI is InChI=1S/C51H34F6N2O2/c52-50(53,54)43-29-35(21-23-45(43)58)60-47-25-19-33(27-39(47)31-11-3-1-4-12-31)49(41-17-9-7-15-37(41)38-16-8-10-18-42(38)49)34-20-26-48(40(28-34)32-13-5-2-6-14-32)61-36-22-24-46(59)44(30-36)51(55,56)57/h1-30H,58-59H2. The van der Waals surface area contributed by atoms with Gasteiger partial charge >= 0.3 is 12.4 Å². The maximum Gasteiger partial charge on any atom is 0.418 e. The van der Waals surface area contributed by atoms with Gasteiger partial charge in [-0.15, -0.1) is 0 Å². The highest BCUT2D eigenvalue weighted by molar-refractivity contribution is 5.88. The molecule has 0 bridgehead atoms. The predicted octanol–water partition coefficient (Wildman–Crippen LogP) is 14.2. The Hall–Kier alpha value is -7.46. The molecule has 4 N–H and O–H groups in total. The number of nitrogens with two attached hydrogens (primary N) is 2. The summed E-state index contributed by atoms with van der Waals surface area (Å²) in [6.45, 7) is 0. The summed E-state index contributed by atoms with van der Waals surface area (Å²) >= 11 is 0. The van der Waals surface area contributed by atoms with Gasteiger partial charge in [-0.25, -0.2) is 0 Å². The number of hydrogen-bond donors (Lipinski definition) is 2. The number of rotatable bonds is 8. The van der Waals surface area contributed by atoms with Gasteiger partial charge < -0.3 is 20.9 Å². The molecule has 0 heterocycles. The molecule has 0 radical (unpaired) electrons. The summed E-state index contributed by atoms with van der Waals surface area (Å²) in [5.74, 6) is 0.560. The molecule has 1 aliphatic carbocycles. The molecule has 8 aromatic rings. The van der Waals surface area contributed by atoms with Gasteiger partial charge in [0.25, 0.3) is 0 Å². The van der Waals surface area contributed by atoms with Crippen molar-refractivity contribution in [3.63, 3.8) is 0 Å². The van der Waals surface area contributed by atoms with Crippen molar-refractivity contribution in [3.8, 4) is 56.4 Å². The second-order valence-corrected chi connectivity index (χ2v) is 14.7. The minimum Gasteiger partial charge on any atom is -0.457 e. The second-order valence-electron chi connectivity index (χ2n) is 14.7. The van der Waals surface area contributed by atoms with Crippen LogP contribution in [0.1, 0.15) is 33.4 Å². The zero-order chi connectivity index (χ0) is 42.5. The van der Waals surface area contributed by atoms with Crippen molar-refractivity contribution in [2.75, 3.05) is 11.5 Å². The smallest absolute Gasteiger partial charge is 0.418 e. The fourth-order valence-electron chi connectivity index (χ4n) is 8.36. The van der Waals surface area contributed by atoms with Gasteiger partial charge in [0.2, 0.25) is 0 Å². The lowest BCUT2D eigenvalue weighted by molar-refractivity contribution is -0.137. The van der Waals surface area contributed by atoms with Crippen LogP contribution in [0.25, 0.3) is 33.4 Å². The van der Waals surface area contributed by atoms with E-state index in [1.54, 1.807) is 12.1 Å². The number of nitrogen functional groups attached to an aromatic ring is 2. The van der Waals surface area contributed by atoms with Crippen molar-refractivity contribution >= 4 is 11.4 Å². The van der Waals surface area contributed by atoms with Crippen molar-refractivity contribution in [1.29, 1.82) is 0 Å². The van der Waals surface area contributed by atoms with Crippen LogP contribution in [-0.2, 0) is 17.8 Å². The van der Waals surface area contributed by atoms with Crippen LogP contribution in [0.15, 0.2) is 182 Å². The molecule has 0 aromatic heterocycles. The molecule has 0 amide bonds. The zero-order valence-electron chi connectivity index (χ0n) is 32.1. The van der Waals surface area contributed by atoms with E-state index in [1.165, 1.54) is 24.3 Å². The number of alkyl halides is 6. The first kappa shape index (κ1) is 39.0. The van der Waals surface area contributed by atoms with Crippen LogP contribution in [0, 0.1) is 0 Å². The third kappa shape index (κ3) is 6.99. The Balaban J connectivity index is 1.28. The molecule has 0 aliphatic heterocycles. The first-order chi connectivity index (χ1) is 29.3. The van der Waals surface area contributed by atoms with Gasteiger partial charge in [0.05, 0.1) is 16.5 Å². The van der Waals surface area contributed by atoms with Gasteiger partial charge in [0.15, 0.2) is 0 Å². The Kier molecular flexibility index (Phi) is 9.58. The third-order valence-electron chi connectivity index (χ3n) is 11.1. The minimum atomic E-state index is -4.69. The van der Waals surface area contributed by atoms with E-state index < -0.39 is 40.3 Å². The van der Waals surface area contributed by atoms with Crippen LogP contribution in [0.3, 0.4) is 0 Å². The van der Waals surface area contributed by atoms with E-state index in [1.807, 2.05) is 109 Å². The van der Waals surface area contributed by atoms with Gasteiger partial charge in [-0.1, -0.05) is 121 Å². The molecule has 0 saturated carbocycles. The van der Waals surface area contributed by atoms with Crippen LogP contribution in [0.2, 0.25) is 0 Å². The summed E-state index contributed by atoms with van der Waals surface area (Å²) in [5.41, 5.74) is 16.0. The number of anilines is 2. The summed E-state index contributed by atoms with van der Waals surface area (Å²) < 4.78 is 96.2. The normalized spacial score (nSPS) is 13.0. The number of halogens is 6. The number of benzene rings is 8. The molecule has 0 saturated heterocycles. The lowest BCUT2D eigenvalue weighted by atomic mass is 9.67. The van der Waals surface area contributed by atoms with E-state index in [4.69, 9.17) is 20.9 Å². The summed E-state index contributed by atoms with van der Waals surface area (Å²) in [6.07, 6.45) is -9.38. The molecule has 61 heavy (non-hydrogen) atoms. The van der Waals surface area contributed by atoms with Crippen molar-refractivity contribution in [3.05, 3.63) is 215 Å². The van der Waals surface area contributed by atoms with Crippen LogP contribution in [-0.4, -0.2) is 0 Å². The summed E-state index contributed by atoms with van der Waals surface area (Å²) in [4.78, 5) is 0. The van der Waals surface area contributed by atoms with Gasteiger partial charge in [0.1, 0.15) is 23.0 Å². The predicted molar refractivity (Wildman–Crippen MR) is 226 cm³/mol. The van der Waals surface area contributed by atoms with Crippen LogP contribution >= 0.6 is 0 Å². The molecule has 302 valence electrons. The van der Waals surface area contributed by atoms with E-state index in [9.17, 15) is 26.3 Å². The largest absolute Gasteiger partial charge is 0.457 e. The molecule has 10 heteroatoms. The summed E-state index contributed by atoms with van der Waals surface area (Å²) in [7, 11) is 0. The molecule has 1 aliphatic rings. The summed E-state index contributed by atoms with van der Waals surface area (Å²) in [5, 5.41) is 0. The van der Waals surface area contributed by atoms with Crippen LogP contribution in [0.5, 0.6) is 23.0 Å². The third-order valence-corrected chi connectivity index (χ3v) is 11.1. The van der Waals surface area contributed by atoms with Crippen LogP contribution < -0.4 is 20.9 Å². The summed E-state index contributed by atoms with van der Waals surface area (Å²) in [6, 6.07) is 53.4. The van der Waals surface area contributed by atoms with Crippen molar-refractivity contribution < 1.29 is 35.8 Å². The van der Waals surface area contributed by atoms with Crippen molar-refractivity contribution in [2.24, 2.45) is 0 Å². The average Bonchev–Trinajstić information content (AvgIpc) is 3.56. The number of hydrogen-bond acceptors (Lipinski definition) is 4. The van der Waals surface area contributed by atoms with E-state index in [0.29, 0.717) is 22.6 Å². The Morgan fingerprint density at radius 2 is 0.754 bits per heavy atom. The van der Waals surface area contributed by atoms with Gasteiger partial charge in [-0.05, 0) is 105 Å². The van der Waals surface area contributed by atoms with Gasteiger partial charge in [-0.3, -0.25) is 0 Å². The molecule has 9 rings (SSSR count). The maximum atomic E-state index is 13.9. The quantitative estimate of drug-likeness (QED) is 0.118. The molecular weight excluding hydrogens is 787 g/mol. The van der Waals surface area contributed by atoms with Crippen molar-refractivity contribution in [1.82, 2.24) is 0 Å². The molecular formula is C51H34F6N2O2. The molecule has 4 nitrogen and oxygen atoms in total. The minimum absolute atomic E-state index is 0.0377. The van der Waals surface area contributed by atoms with Gasteiger partial charge in [0, 0.05) is 22.5 Å². The zero-order valence-corrected chi connectivity index (χ0v) is 32.1. The highest BCUT2D eigenvalue weighted by atomic mass is 19.4. The van der Waals surface area contributed by atoms with Gasteiger partial charge in [-0.2, -0.15) is 26.3 Å². The average molecular weight is 821 g/mol. The number of ether oxygens (including phenoxy) is 2. The molecule has 0 spiro atoms. The molecule has 0 unspecified atom stereocenters. The molecule has 0 fully saturated rings. The SMILES string of the molecule is Nc1ccc(Oc2ccc(C3(c4ccc(Oc5ccc(N)c(C(F)(F)F)c5)c(-c5ccccc5)c4)c4ccccc4-c4ccccc43)cc2-c2ccccc2)cc1C(F)(F)F. The fraction of sp³-hybridized carbons (Fsp3) is 0.0588. The maximum absolute atomic E-state index is 13.9. The first-order valence-electron chi connectivity index (χ1n) is 19.2. The first-order valence-corrected chi connectivity index (χ1v) is 19.2. The second kappa shape index (κ2) is 15.0. The lowest BCUT2D eigenvalue weighted by Crippen LogP contribution is -2.28. The fourth-order valence-corrected chi connectivity index (χ4v) is 8.36. The Labute approximate surface area is 347 Å². The van der Waals surface area contributed by atoms with Crippen LogP contribution in [0.4, 0.5) is 37.7 Å². The number of fused-ring (bicyclic) bond motifs is 3. The van der Waals surface area contributed by atoms with E-state index in [2.05, 4.69) is 24.3 Å².